The lowest BCUT2D eigenvalue weighted by molar-refractivity contribution is -0.137. The predicted molar refractivity (Wildman–Crippen MR) is 83.9 cm³/mol. The maximum atomic E-state index is 12.1. The number of carbonyl (C=O) groups excluding carboxylic acids is 1. The number of fused-ring (bicyclic) bond motifs is 1. The van der Waals surface area contributed by atoms with E-state index in [2.05, 4.69) is 26.1 Å². The molecule has 0 unspecified atom stereocenters. The molecule has 3 nitrogen and oxygen atoms in total. The van der Waals surface area contributed by atoms with Crippen molar-refractivity contribution >= 4 is 5.91 Å². The van der Waals surface area contributed by atoms with Crippen LogP contribution in [0, 0.1) is 22.7 Å². The number of amides is 1. The van der Waals surface area contributed by atoms with Crippen molar-refractivity contribution in [2.75, 3.05) is 6.61 Å². The second kappa shape index (κ2) is 5.26. The van der Waals surface area contributed by atoms with Gasteiger partial charge in [-0.1, -0.05) is 34.1 Å². The third-order valence-electron chi connectivity index (χ3n) is 6.82. The van der Waals surface area contributed by atoms with Gasteiger partial charge in [0.2, 0.25) is 5.91 Å². The molecule has 1 aliphatic heterocycles. The lowest BCUT2D eigenvalue weighted by Gasteiger charge is -2.53. The topological polar surface area (TPSA) is 38.3 Å². The Morgan fingerprint density at radius 3 is 2.76 bits per heavy atom. The molecule has 21 heavy (non-hydrogen) atoms. The highest BCUT2D eigenvalue weighted by Crippen LogP contribution is 2.68. The van der Waals surface area contributed by atoms with Crippen LogP contribution in [0.3, 0.4) is 0 Å². The maximum Gasteiger partial charge on any atom is 0.219 e. The van der Waals surface area contributed by atoms with Gasteiger partial charge in [-0.2, -0.15) is 0 Å². The second-order valence-corrected chi connectivity index (χ2v) is 8.10. The third kappa shape index (κ3) is 2.15. The van der Waals surface area contributed by atoms with Gasteiger partial charge in [0.25, 0.3) is 0 Å². The molecule has 2 aliphatic carbocycles. The first kappa shape index (κ1) is 15.3. The van der Waals surface area contributed by atoms with Crippen LogP contribution >= 0.6 is 0 Å². The fourth-order valence-corrected chi connectivity index (χ4v) is 5.74. The van der Waals surface area contributed by atoms with Crippen molar-refractivity contribution in [1.82, 2.24) is 5.32 Å². The molecule has 3 heteroatoms. The van der Waals surface area contributed by atoms with E-state index in [1.54, 1.807) is 0 Å². The third-order valence-corrected chi connectivity index (χ3v) is 6.82. The van der Waals surface area contributed by atoms with Gasteiger partial charge in [-0.05, 0) is 48.3 Å². The van der Waals surface area contributed by atoms with Gasteiger partial charge in [0.15, 0.2) is 0 Å². The van der Waals surface area contributed by atoms with E-state index < -0.39 is 0 Å². The molecule has 0 aromatic rings. The molecule has 1 heterocycles. The Balaban J connectivity index is 1.90. The molecule has 0 aromatic heterocycles. The van der Waals surface area contributed by atoms with Crippen molar-refractivity contribution < 1.29 is 9.53 Å². The monoisotopic (exact) mass is 293 g/mol. The molecular weight excluding hydrogens is 262 g/mol. The van der Waals surface area contributed by atoms with E-state index in [1.807, 2.05) is 6.92 Å². The van der Waals surface area contributed by atoms with Crippen LogP contribution in [0.1, 0.15) is 66.2 Å². The van der Waals surface area contributed by atoms with E-state index >= 15 is 0 Å². The summed E-state index contributed by atoms with van der Waals surface area (Å²) in [5.41, 5.74) is 0.534. The number of ether oxygens (including phenoxy) is 1. The van der Waals surface area contributed by atoms with Crippen molar-refractivity contribution in [3.8, 4) is 0 Å². The van der Waals surface area contributed by atoms with E-state index in [0.717, 1.165) is 18.9 Å². The molecule has 3 fully saturated rings. The normalized spacial score (nSPS) is 43.6. The Bertz CT molecular complexity index is 417. The van der Waals surface area contributed by atoms with Crippen LogP contribution in [0.25, 0.3) is 0 Å². The van der Waals surface area contributed by atoms with E-state index in [-0.39, 0.29) is 11.3 Å². The smallest absolute Gasteiger partial charge is 0.219 e. The van der Waals surface area contributed by atoms with E-state index in [0.29, 0.717) is 29.9 Å². The van der Waals surface area contributed by atoms with Crippen molar-refractivity contribution in [3.05, 3.63) is 0 Å². The van der Waals surface area contributed by atoms with E-state index in [1.165, 1.54) is 25.7 Å². The number of carbonyl (C=O) groups is 1. The Hall–Kier alpha value is -0.570. The summed E-state index contributed by atoms with van der Waals surface area (Å²) in [6, 6.07) is 0.337. The standard InChI is InChI=1S/C18H31NO2/c1-5-7-14-13-10-12-11-18(13,8-9-21-14)16(17(12,3)4)19-15(20)6-2/h12-14,16H,5-11H2,1-4H3,(H,19,20)/t12-,13-,14-,16-,18-/m1/s1. The number of hydrogen-bond donors (Lipinski definition) is 1. The quantitative estimate of drug-likeness (QED) is 0.861. The molecule has 0 aromatic carbocycles. The summed E-state index contributed by atoms with van der Waals surface area (Å²) in [5, 5.41) is 3.41. The molecule has 3 aliphatic rings. The fraction of sp³-hybridized carbons (Fsp3) is 0.944. The number of nitrogens with one attached hydrogen (secondary N) is 1. The molecule has 1 spiro atoms. The zero-order valence-corrected chi connectivity index (χ0v) is 14.1. The van der Waals surface area contributed by atoms with Crippen LogP contribution in [0.2, 0.25) is 0 Å². The van der Waals surface area contributed by atoms with Gasteiger partial charge in [0.1, 0.15) is 0 Å². The first-order chi connectivity index (χ1) is 9.95. The zero-order chi connectivity index (χ0) is 15.3. The van der Waals surface area contributed by atoms with Crippen LogP contribution in [-0.2, 0) is 9.53 Å². The van der Waals surface area contributed by atoms with Gasteiger partial charge in [0, 0.05) is 19.1 Å². The highest BCUT2D eigenvalue weighted by molar-refractivity contribution is 5.76. The Kier molecular flexibility index (Phi) is 3.84. The van der Waals surface area contributed by atoms with Crippen molar-refractivity contribution in [2.45, 2.75) is 78.4 Å². The summed E-state index contributed by atoms with van der Waals surface area (Å²) >= 11 is 0. The molecule has 1 saturated heterocycles. The highest BCUT2D eigenvalue weighted by atomic mass is 16.5. The zero-order valence-electron chi connectivity index (χ0n) is 14.1. The second-order valence-electron chi connectivity index (χ2n) is 8.10. The number of hydrogen-bond acceptors (Lipinski definition) is 2. The van der Waals surface area contributed by atoms with Crippen molar-refractivity contribution in [1.29, 1.82) is 0 Å². The van der Waals surface area contributed by atoms with E-state index in [4.69, 9.17) is 4.74 Å². The van der Waals surface area contributed by atoms with Crippen LogP contribution in [0.4, 0.5) is 0 Å². The van der Waals surface area contributed by atoms with E-state index in [9.17, 15) is 4.79 Å². The summed E-state index contributed by atoms with van der Waals surface area (Å²) in [5.74, 6) is 1.62. The van der Waals surface area contributed by atoms with Crippen LogP contribution in [0.15, 0.2) is 0 Å². The first-order valence-electron chi connectivity index (χ1n) is 8.86. The van der Waals surface area contributed by atoms with Gasteiger partial charge < -0.3 is 10.1 Å². The van der Waals surface area contributed by atoms with Crippen LogP contribution in [0.5, 0.6) is 0 Å². The molecular formula is C18H31NO2. The van der Waals surface area contributed by atoms with Gasteiger partial charge in [0.05, 0.1) is 6.10 Å². The fourth-order valence-electron chi connectivity index (χ4n) is 5.74. The molecule has 2 saturated carbocycles. The summed E-state index contributed by atoms with van der Waals surface area (Å²) in [4.78, 5) is 12.1. The minimum absolute atomic E-state index is 0.215. The first-order valence-corrected chi connectivity index (χ1v) is 8.86. The Morgan fingerprint density at radius 1 is 1.33 bits per heavy atom. The maximum absolute atomic E-state index is 12.1. The molecule has 2 bridgehead atoms. The minimum atomic E-state index is 0.215. The SMILES string of the molecule is CCC[C@H]1OCC[C@@]23C[C@@H](C[C@H]12)C(C)(C)[C@H]3NC(=O)CC. The molecule has 1 N–H and O–H groups in total. The molecule has 5 atom stereocenters. The molecule has 120 valence electrons. The summed E-state index contributed by atoms with van der Waals surface area (Å²) < 4.78 is 6.11. The molecule has 3 rings (SSSR count). The van der Waals surface area contributed by atoms with Gasteiger partial charge >= 0.3 is 0 Å². The number of rotatable bonds is 4. The van der Waals surface area contributed by atoms with Crippen LogP contribution in [-0.4, -0.2) is 24.7 Å². The average Bonchev–Trinajstić information content (AvgIpc) is 2.93. The van der Waals surface area contributed by atoms with Gasteiger partial charge in [-0.25, -0.2) is 0 Å². The average molecular weight is 293 g/mol. The van der Waals surface area contributed by atoms with Crippen molar-refractivity contribution in [3.63, 3.8) is 0 Å². The summed E-state index contributed by atoms with van der Waals surface area (Å²) in [7, 11) is 0. The van der Waals surface area contributed by atoms with Gasteiger partial charge in [-0.3, -0.25) is 4.79 Å². The predicted octanol–water partition coefficient (Wildman–Crippen LogP) is 3.52. The Labute approximate surface area is 129 Å². The summed E-state index contributed by atoms with van der Waals surface area (Å²) in [6.07, 6.45) is 7.11. The van der Waals surface area contributed by atoms with Crippen molar-refractivity contribution in [2.24, 2.45) is 22.7 Å². The lowest BCUT2D eigenvalue weighted by Crippen LogP contribution is -2.60. The molecule has 0 radical (unpaired) electrons. The van der Waals surface area contributed by atoms with Crippen LogP contribution < -0.4 is 5.32 Å². The lowest BCUT2D eigenvalue weighted by atomic mass is 9.59. The minimum Gasteiger partial charge on any atom is -0.378 e. The van der Waals surface area contributed by atoms with Gasteiger partial charge in [-0.15, -0.1) is 0 Å². The highest BCUT2D eigenvalue weighted by Gasteiger charge is 2.68. The largest absolute Gasteiger partial charge is 0.378 e. The summed E-state index contributed by atoms with van der Waals surface area (Å²) in [6.45, 7) is 9.82. The Morgan fingerprint density at radius 2 is 2.10 bits per heavy atom. The molecule has 1 amide bonds.